The molecule has 5 aromatic carbocycles. The van der Waals surface area contributed by atoms with Gasteiger partial charge in [0.25, 0.3) is 5.91 Å². The molecule has 3 amide bonds. The zero-order chi connectivity index (χ0) is 39.0. The van der Waals surface area contributed by atoms with E-state index in [1.807, 2.05) is 103 Å². The van der Waals surface area contributed by atoms with E-state index < -0.39 is 30.3 Å². The molecule has 7 rings (SSSR count). The average Bonchev–Trinajstić information content (AvgIpc) is 3.49. The van der Waals surface area contributed by atoms with Crippen molar-refractivity contribution < 1.29 is 43.6 Å². The molecule has 2 aliphatic rings. The largest absolute Gasteiger partial charge is 0.478 e. The molecule has 0 aliphatic carbocycles. The molecule has 0 aromatic heterocycles. The maximum absolute atomic E-state index is 13.3. The van der Waals surface area contributed by atoms with Crippen LogP contribution >= 0.6 is 11.8 Å². The Hall–Kier alpha value is -5.79. The number of aromatic carboxylic acids is 1. The zero-order valence-corrected chi connectivity index (χ0v) is 31.1. The molecule has 5 aromatic rings. The standard InChI is InChI=1S/C44H40N2O9S/c47-25-28-10-12-31(13-11-28)39-22-35(27-56-36-20-18-32(19-21-36)42(50)51)54-43(55-39)33-16-14-30(15-17-33)37-9-5-4-8-34(37)24-46-40(48)23-38(41(46)49)45-44(52)53-26-29-6-2-1-3-7-29/h1-21,35,38-39,43,47H,22-27H2,(H,45,52)(H,50,51)/t35-,38?,39+,43+/m0/s1. The van der Waals surface area contributed by atoms with Crippen LogP contribution in [0.4, 0.5) is 4.79 Å². The summed E-state index contributed by atoms with van der Waals surface area (Å²) in [6, 6.07) is 37.9. The molecule has 11 nitrogen and oxygen atoms in total. The van der Waals surface area contributed by atoms with Gasteiger partial charge in [0.2, 0.25) is 5.91 Å². The third kappa shape index (κ3) is 9.35. The summed E-state index contributed by atoms with van der Waals surface area (Å²) in [7, 11) is 0. The summed E-state index contributed by atoms with van der Waals surface area (Å²) >= 11 is 1.58. The van der Waals surface area contributed by atoms with Crippen molar-refractivity contribution in [3.05, 3.63) is 161 Å². The van der Waals surface area contributed by atoms with E-state index in [-0.39, 0.29) is 49.9 Å². The molecule has 3 N–H and O–H groups in total. The molecule has 4 atom stereocenters. The van der Waals surface area contributed by atoms with Crippen molar-refractivity contribution >= 4 is 35.6 Å². The van der Waals surface area contributed by atoms with E-state index in [4.69, 9.17) is 14.2 Å². The number of aliphatic hydroxyl groups is 1. The van der Waals surface area contributed by atoms with E-state index in [1.165, 1.54) is 4.90 Å². The van der Waals surface area contributed by atoms with Gasteiger partial charge in [0.15, 0.2) is 6.29 Å². The summed E-state index contributed by atoms with van der Waals surface area (Å²) in [4.78, 5) is 52.2. The number of alkyl carbamates (subject to hydrolysis) is 1. The predicted octanol–water partition coefficient (Wildman–Crippen LogP) is 7.44. The van der Waals surface area contributed by atoms with Crippen molar-refractivity contribution in [2.24, 2.45) is 0 Å². The minimum absolute atomic E-state index is 0.0385. The second-order valence-corrected chi connectivity index (χ2v) is 14.6. The number of rotatable bonds is 13. The lowest BCUT2D eigenvalue weighted by Gasteiger charge is -2.36. The van der Waals surface area contributed by atoms with Gasteiger partial charge in [-0.15, -0.1) is 11.8 Å². The van der Waals surface area contributed by atoms with Gasteiger partial charge in [-0.1, -0.05) is 103 Å². The third-order valence-corrected chi connectivity index (χ3v) is 10.9. The Morgan fingerprint density at radius 3 is 2.21 bits per heavy atom. The Balaban J connectivity index is 1.03. The molecule has 2 fully saturated rings. The molecule has 2 aliphatic heterocycles. The van der Waals surface area contributed by atoms with Crippen LogP contribution in [-0.2, 0) is 43.6 Å². The Labute approximate surface area is 328 Å². The fourth-order valence-corrected chi connectivity index (χ4v) is 7.63. The zero-order valence-electron chi connectivity index (χ0n) is 30.3. The molecular weight excluding hydrogens is 733 g/mol. The first kappa shape index (κ1) is 38.5. The molecule has 0 spiro atoms. The van der Waals surface area contributed by atoms with Gasteiger partial charge >= 0.3 is 12.1 Å². The first-order valence-electron chi connectivity index (χ1n) is 18.2. The number of hydrogen-bond acceptors (Lipinski definition) is 9. The Morgan fingerprint density at radius 1 is 0.804 bits per heavy atom. The molecule has 0 saturated carbocycles. The van der Waals surface area contributed by atoms with Crippen LogP contribution in [0, 0.1) is 0 Å². The number of carboxylic acids is 1. The summed E-state index contributed by atoms with van der Waals surface area (Å²) in [5.74, 6) is -1.23. The fourth-order valence-electron chi connectivity index (χ4n) is 6.70. The number of amides is 3. The average molecular weight is 773 g/mol. The maximum atomic E-state index is 13.3. The summed E-state index contributed by atoms with van der Waals surface area (Å²) in [5, 5.41) is 21.4. The lowest BCUT2D eigenvalue weighted by atomic mass is 9.97. The van der Waals surface area contributed by atoms with Gasteiger partial charge in [0.1, 0.15) is 12.6 Å². The van der Waals surface area contributed by atoms with E-state index in [9.17, 15) is 29.4 Å². The maximum Gasteiger partial charge on any atom is 0.408 e. The molecule has 56 heavy (non-hydrogen) atoms. The van der Waals surface area contributed by atoms with E-state index in [0.717, 1.165) is 43.8 Å². The highest BCUT2D eigenvalue weighted by molar-refractivity contribution is 7.99. The van der Waals surface area contributed by atoms with Gasteiger partial charge in [-0.25, -0.2) is 9.59 Å². The number of aliphatic hydroxyl groups excluding tert-OH is 1. The van der Waals surface area contributed by atoms with Crippen LogP contribution < -0.4 is 5.32 Å². The Bertz CT molecular complexity index is 2160. The lowest BCUT2D eigenvalue weighted by molar-refractivity contribution is -0.245. The predicted molar refractivity (Wildman–Crippen MR) is 208 cm³/mol. The number of ether oxygens (including phenoxy) is 3. The number of nitrogens with one attached hydrogen (secondary N) is 1. The third-order valence-electron chi connectivity index (χ3n) is 9.74. The summed E-state index contributed by atoms with van der Waals surface area (Å²) < 4.78 is 18.3. The molecule has 12 heteroatoms. The van der Waals surface area contributed by atoms with Crippen LogP contribution in [0.5, 0.6) is 0 Å². The van der Waals surface area contributed by atoms with Crippen molar-refractivity contribution in [3.63, 3.8) is 0 Å². The second-order valence-electron chi connectivity index (χ2n) is 13.6. The molecule has 2 saturated heterocycles. The molecule has 0 radical (unpaired) electrons. The first-order chi connectivity index (χ1) is 27.2. The fraction of sp³-hybridized carbons (Fsp3) is 0.227. The summed E-state index contributed by atoms with van der Waals surface area (Å²) in [6.07, 6.45) is -1.47. The van der Waals surface area contributed by atoms with E-state index in [1.54, 1.807) is 36.0 Å². The topological polar surface area (TPSA) is 152 Å². The molecule has 2 heterocycles. The van der Waals surface area contributed by atoms with Gasteiger partial charge in [0, 0.05) is 22.6 Å². The Morgan fingerprint density at radius 2 is 1.50 bits per heavy atom. The van der Waals surface area contributed by atoms with E-state index >= 15 is 0 Å². The van der Waals surface area contributed by atoms with Crippen molar-refractivity contribution in [2.45, 2.75) is 62.0 Å². The highest BCUT2D eigenvalue weighted by atomic mass is 32.2. The number of nitrogens with zero attached hydrogens (tertiary/aromatic N) is 1. The normalized spacial score (nSPS) is 19.5. The number of thioether (sulfide) groups is 1. The quantitative estimate of drug-likeness (QED) is 0.0814. The van der Waals surface area contributed by atoms with Crippen molar-refractivity contribution in [1.29, 1.82) is 0 Å². The molecule has 0 bridgehead atoms. The van der Waals surface area contributed by atoms with Crippen LogP contribution in [0.25, 0.3) is 11.1 Å². The minimum atomic E-state index is -1.01. The number of carboxylic acid groups (broad SMARTS) is 1. The van der Waals surface area contributed by atoms with Gasteiger partial charge in [0.05, 0.1) is 37.3 Å². The van der Waals surface area contributed by atoms with Crippen molar-refractivity contribution in [3.8, 4) is 11.1 Å². The molecule has 1 unspecified atom stereocenters. The second kappa shape index (κ2) is 17.8. The summed E-state index contributed by atoms with van der Waals surface area (Å²) in [5.41, 5.74) is 6.08. The monoisotopic (exact) mass is 772 g/mol. The smallest absolute Gasteiger partial charge is 0.408 e. The lowest BCUT2D eigenvalue weighted by Crippen LogP contribution is -2.41. The van der Waals surface area contributed by atoms with Gasteiger partial charge in [-0.05, 0) is 57.6 Å². The number of carbonyl (C=O) groups is 4. The van der Waals surface area contributed by atoms with Crippen LogP contribution in [0.1, 0.15) is 63.4 Å². The van der Waals surface area contributed by atoms with Crippen LogP contribution in [-0.4, -0.2) is 56.9 Å². The SMILES string of the molecule is O=C(NC1CC(=O)N(Cc2ccccc2-c2ccc([C@@H]3O[C@H](CSc4ccc(C(=O)O)cc4)C[C@H](c4ccc(CO)cc4)O3)cc2)C1=O)OCc1ccccc1. The van der Waals surface area contributed by atoms with E-state index in [0.29, 0.717) is 12.2 Å². The van der Waals surface area contributed by atoms with Gasteiger partial charge in [-0.2, -0.15) is 0 Å². The number of benzene rings is 5. The Kier molecular flexibility index (Phi) is 12.2. The van der Waals surface area contributed by atoms with Crippen LogP contribution in [0.2, 0.25) is 0 Å². The number of hydrogen-bond donors (Lipinski definition) is 3. The summed E-state index contributed by atoms with van der Waals surface area (Å²) in [6.45, 7) is 0.0282. The van der Waals surface area contributed by atoms with Gasteiger partial charge in [-0.3, -0.25) is 14.5 Å². The van der Waals surface area contributed by atoms with Gasteiger partial charge < -0.3 is 29.7 Å². The first-order valence-corrected chi connectivity index (χ1v) is 19.2. The molecule has 286 valence electrons. The number of likely N-dealkylation sites (tertiary alicyclic amines) is 1. The van der Waals surface area contributed by atoms with Crippen molar-refractivity contribution in [2.75, 3.05) is 5.75 Å². The minimum Gasteiger partial charge on any atom is -0.478 e. The highest BCUT2D eigenvalue weighted by Gasteiger charge is 2.40. The molecular formula is C44H40N2O9S. The number of carbonyl (C=O) groups excluding carboxylic acids is 3. The van der Waals surface area contributed by atoms with Crippen molar-refractivity contribution in [1.82, 2.24) is 10.2 Å². The van der Waals surface area contributed by atoms with E-state index in [2.05, 4.69) is 5.32 Å². The number of imide groups is 1. The van der Waals surface area contributed by atoms with Crippen LogP contribution in [0.15, 0.2) is 132 Å². The van der Waals surface area contributed by atoms with Crippen LogP contribution in [0.3, 0.4) is 0 Å². The highest BCUT2D eigenvalue weighted by Crippen LogP contribution is 2.40.